The van der Waals surface area contributed by atoms with Crippen LogP contribution in [-0.4, -0.2) is 25.5 Å². The van der Waals surface area contributed by atoms with Gasteiger partial charge in [-0.1, -0.05) is 0 Å². The average molecular weight is 491 g/mol. The van der Waals surface area contributed by atoms with Crippen LogP contribution < -0.4 is 5.32 Å². The fourth-order valence-corrected chi connectivity index (χ4v) is 2.65. The van der Waals surface area contributed by atoms with Crippen molar-refractivity contribution >= 4 is 51.3 Å². The van der Waals surface area contributed by atoms with Gasteiger partial charge in [-0.15, -0.1) is 0 Å². The Labute approximate surface area is 150 Å². The Hall–Kier alpha value is -1.17. The number of benzene rings is 1. The number of carbonyl (C=O) groups excluding carboxylic acids is 1. The van der Waals surface area contributed by atoms with E-state index in [0.29, 0.717) is 6.07 Å². The van der Waals surface area contributed by atoms with Gasteiger partial charge in [-0.05, 0) is 44.0 Å². The summed E-state index contributed by atoms with van der Waals surface area (Å²) in [5.41, 5.74) is -0.467. The Morgan fingerprint density at radius 3 is 2.62 bits per heavy atom. The molecule has 0 fully saturated rings. The molecule has 0 aliphatic rings. The van der Waals surface area contributed by atoms with Crippen LogP contribution in [0.2, 0.25) is 0 Å². The minimum atomic E-state index is -4.73. The molecule has 0 bridgehead atoms. The maximum Gasteiger partial charge on any atom is 0.471 e. The van der Waals surface area contributed by atoms with Crippen LogP contribution in [0.5, 0.6) is 0 Å². The molecule has 8 nitrogen and oxygen atoms in total. The second-order valence-corrected chi connectivity index (χ2v) is 7.06. The zero-order valence-electron chi connectivity index (χ0n) is 11.4. The summed E-state index contributed by atoms with van der Waals surface area (Å²) in [6, 6.07) is 2.61. The van der Waals surface area contributed by atoms with E-state index in [4.69, 9.17) is 9.79 Å². The number of hydrogen-bond acceptors (Lipinski definition) is 4. The van der Waals surface area contributed by atoms with Crippen LogP contribution in [0.1, 0.15) is 10.5 Å². The molecule has 0 atom stereocenters. The van der Waals surface area contributed by atoms with Crippen molar-refractivity contribution in [1.29, 1.82) is 0 Å². The normalized spacial score (nSPS) is 11.6. The first-order valence-corrected chi connectivity index (χ1v) is 9.08. The van der Waals surface area contributed by atoms with Gasteiger partial charge in [0.2, 0.25) is 0 Å². The second kappa shape index (κ2) is 7.38. The Kier molecular flexibility index (Phi) is 5.89. The summed E-state index contributed by atoms with van der Waals surface area (Å²) in [7, 11) is -4.73. The van der Waals surface area contributed by atoms with Crippen molar-refractivity contribution < 1.29 is 32.5 Å². The van der Waals surface area contributed by atoms with E-state index in [1.165, 1.54) is 0 Å². The number of hydrogen-bond donors (Lipinski definition) is 3. The molecule has 0 unspecified atom stereocenters. The van der Waals surface area contributed by atoms with Crippen molar-refractivity contribution in [1.82, 2.24) is 9.78 Å². The van der Waals surface area contributed by atoms with Gasteiger partial charge in [-0.25, -0.2) is 18.0 Å². The molecule has 0 spiro atoms. The molecule has 1 amide bonds. The minimum Gasteiger partial charge on any atom is -0.318 e. The van der Waals surface area contributed by atoms with Crippen molar-refractivity contribution in [3.63, 3.8) is 0 Å². The zero-order chi connectivity index (χ0) is 18.1. The molecule has 1 aromatic heterocycles. The molecule has 2 rings (SSSR count). The standard InChI is InChI=1S/C11H8Br2F2N3O5P/c12-8-9(17-18(10(8)13)4-23-24(20,21)22)11(19)16-7-2-1-5(14)3-6(7)15/h1-3H,4H2,(H,16,19)(H2,20,21,22). The van der Waals surface area contributed by atoms with Crippen LogP contribution in [0.3, 0.4) is 0 Å². The maximum absolute atomic E-state index is 13.6. The van der Waals surface area contributed by atoms with Gasteiger partial charge in [0.25, 0.3) is 5.91 Å². The van der Waals surface area contributed by atoms with Gasteiger partial charge < -0.3 is 15.1 Å². The number of phosphoric ester groups is 1. The largest absolute Gasteiger partial charge is 0.471 e. The summed E-state index contributed by atoms with van der Waals surface area (Å²) >= 11 is 6.13. The van der Waals surface area contributed by atoms with E-state index in [1.54, 1.807) is 0 Å². The van der Waals surface area contributed by atoms with Crippen molar-refractivity contribution in [2.75, 3.05) is 5.32 Å². The predicted molar refractivity (Wildman–Crippen MR) is 85.1 cm³/mol. The first-order valence-electron chi connectivity index (χ1n) is 5.97. The molecule has 0 radical (unpaired) electrons. The lowest BCUT2D eigenvalue weighted by atomic mass is 10.3. The third-order valence-corrected chi connectivity index (χ3v) is 5.12. The van der Waals surface area contributed by atoms with Crippen LogP contribution in [0.15, 0.2) is 27.3 Å². The highest BCUT2D eigenvalue weighted by Gasteiger charge is 2.23. The molecule has 0 aliphatic carbocycles. The highest BCUT2D eigenvalue weighted by atomic mass is 79.9. The Balaban J connectivity index is 2.22. The van der Waals surface area contributed by atoms with Crippen LogP contribution in [0.4, 0.5) is 14.5 Å². The lowest BCUT2D eigenvalue weighted by Crippen LogP contribution is -2.15. The average Bonchev–Trinajstić information content (AvgIpc) is 2.75. The quantitative estimate of drug-likeness (QED) is 0.555. The van der Waals surface area contributed by atoms with E-state index in [-0.39, 0.29) is 20.5 Å². The van der Waals surface area contributed by atoms with Gasteiger partial charge in [0.1, 0.15) is 16.2 Å². The van der Waals surface area contributed by atoms with E-state index in [1.807, 2.05) is 0 Å². The second-order valence-electron chi connectivity index (χ2n) is 4.28. The van der Waals surface area contributed by atoms with Crippen molar-refractivity contribution in [3.8, 4) is 0 Å². The Morgan fingerprint density at radius 1 is 1.38 bits per heavy atom. The van der Waals surface area contributed by atoms with E-state index in [0.717, 1.165) is 16.8 Å². The monoisotopic (exact) mass is 489 g/mol. The number of nitrogens with zero attached hydrogens (tertiary/aromatic N) is 2. The number of rotatable bonds is 5. The smallest absolute Gasteiger partial charge is 0.318 e. The molecule has 3 N–H and O–H groups in total. The molecule has 13 heteroatoms. The van der Waals surface area contributed by atoms with Gasteiger partial charge in [0.15, 0.2) is 12.4 Å². The molecule has 130 valence electrons. The number of nitrogens with one attached hydrogen (secondary N) is 1. The lowest BCUT2D eigenvalue weighted by molar-refractivity contribution is 0.101. The molecule has 24 heavy (non-hydrogen) atoms. The Morgan fingerprint density at radius 2 is 2.04 bits per heavy atom. The zero-order valence-corrected chi connectivity index (χ0v) is 15.5. The van der Waals surface area contributed by atoms with Gasteiger partial charge in [-0.2, -0.15) is 5.10 Å². The Bertz CT molecular complexity index is 841. The molecule has 2 aromatic rings. The topological polar surface area (TPSA) is 114 Å². The SMILES string of the molecule is O=C(Nc1ccc(F)cc1F)c1nn(COP(=O)(O)O)c(Br)c1Br. The predicted octanol–water partition coefficient (Wildman–Crippen LogP) is 3.01. The van der Waals surface area contributed by atoms with Crippen LogP contribution >= 0.6 is 39.7 Å². The minimum absolute atomic E-state index is 0.150. The third kappa shape index (κ3) is 4.68. The van der Waals surface area contributed by atoms with Gasteiger partial charge in [0, 0.05) is 6.07 Å². The summed E-state index contributed by atoms with van der Waals surface area (Å²) in [5, 5.41) is 6.01. The van der Waals surface area contributed by atoms with Crippen LogP contribution in [0.25, 0.3) is 0 Å². The highest BCUT2D eigenvalue weighted by Crippen LogP contribution is 2.37. The summed E-state index contributed by atoms with van der Waals surface area (Å²) < 4.78 is 42.7. The van der Waals surface area contributed by atoms with Gasteiger partial charge in [-0.3, -0.25) is 9.32 Å². The summed E-state index contributed by atoms with van der Waals surface area (Å²) in [5.74, 6) is -2.60. The number of aromatic nitrogens is 2. The van der Waals surface area contributed by atoms with E-state index >= 15 is 0 Å². The van der Waals surface area contributed by atoms with Crippen molar-refractivity contribution in [3.05, 3.63) is 44.6 Å². The highest BCUT2D eigenvalue weighted by molar-refractivity contribution is 9.13. The number of anilines is 1. The molecular weight excluding hydrogens is 483 g/mol. The molecule has 0 saturated heterocycles. The first-order chi connectivity index (χ1) is 11.1. The summed E-state index contributed by atoms with van der Waals surface area (Å²) in [6.07, 6.45) is 0. The molecular formula is C11H8Br2F2N3O5P. The van der Waals surface area contributed by atoms with Crippen molar-refractivity contribution in [2.45, 2.75) is 6.73 Å². The fraction of sp³-hybridized carbons (Fsp3) is 0.0909. The summed E-state index contributed by atoms with van der Waals surface area (Å²) in [6.45, 7) is -0.637. The lowest BCUT2D eigenvalue weighted by Gasteiger charge is -2.06. The maximum atomic E-state index is 13.6. The van der Waals surface area contributed by atoms with Crippen LogP contribution in [0, 0.1) is 11.6 Å². The molecule has 1 aromatic carbocycles. The van der Waals surface area contributed by atoms with Crippen molar-refractivity contribution in [2.24, 2.45) is 0 Å². The van der Waals surface area contributed by atoms with Crippen LogP contribution in [-0.2, 0) is 15.8 Å². The number of amides is 1. The number of carbonyl (C=O) groups is 1. The molecule has 0 saturated carbocycles. The van der Waals surface area contributed by atoms with Gasteiger partial charge in [0.05, 0.1) is 10.2 Å². The van der Waals surface area contributed by atoms with E-state index < -0.39 is 32.1 Å². The number of halogens is 4. The molecule has 0 aliphatic heterocycles. The first kappa shape index (κ1) is 19.2. The van der Waals surface area contributed by atoms with E-state index in [2.05, 4.69) is 46.8 Å². The van der Waals surface area contributed by atoms with Gasteiger partial charge >= 0.3 is 7.82 Å². The van der Waals surface area contributed by atoms with E-state index in [9.17, 15) is 18.1 Å². The third-order valence-electron chi connectivity index (χ3n) is 2.58. The fourth-order valence-electron chi connectivity index (χ4n) is 1.55. The molecule has 1 heterocycles. The number of phosphoric acid groups is 1. The summed E-state index contributed by atoms with van der Waals surface area (Å²) in [4.78, 5) is 29.5.